The first-order chi connectivity index (χ1) is 7.88. The molecule has 0 fully saturated rings. The number of rotatable bonds is 1. The van der Waals surface area contributed by atoms with E-state index < -0.39 is 0 Å². The molecular formula is C13H9NO2. The van der Waals surface area contributed by atoms with Crippen LogP contribution in [0.2, 0.25) is 0 Å². The molecule has 0 saturated heterocycles. The van der Waals surface area contributed by atoms with Gasteiger partial charge >= 0.3 is 0 Å². The molecule has 1 N–H and O–H groups in total. The van der Waals surface area contributed by atoms with E-state index in [1.165, 1.54) is 6.21 Å². The first-order valence-electron chi connectivity index (χ1n) is 4.97. The number of para-hydroxylation sites is 1. The highest BCUT2D eigenvalue weighted by Gasteiger charge is 2.05. The van der Waals surface area contributed by atoms with E-state index in [4.69, 9.17) is 9.62 Å². The van der Waals surface area contributed by atoms with Gasteiger partial charge in [-0.2, -0.15) is 0 Å². The Morgan fingerprint density at radius 3 is 2.69 bits per heavy atom. The van der Waals surface area contributed by atoms with Gasteiger partial charge in [-0.1, -0.05) is 23.4 Å². The Hall–Kier alpha value is -2.29. The fourth-order valence-corrected chi connectivity index (χ4v) is 1.89. The highest BCUT2D eigenvalue weighted by atomic mass is 16.4. The van der Waals surface area contributed by atoms with E-state index in [9.17, 15) is 0 Å². The number of benzene rings is 2. The highest BCUT2D eigenvalue weighted by molar-refractivity contribution is 6.06. The van der Waals surface area contributed by atoms with Crippen LogP contribution in [0.1, 0.15) is 5.56 Å². The van der Waals surface area contributed by atoms with E-state index >= 15 is 0 Å². The van der Waals surface area contributed by atoms with E-state index in [1.807, 2.05) is 42.5 Å². The van der Waals surface area contributed by atoms with Crippen LogP contribution < -0.4 is 0 Å². The van der Waals surface area contributed by atoms with Crippen molar-refractivity contribution in [2.24, 2.45) is 5.16 Å². The van der Waals surface area contributed by atoms with Gasteiger partial charge in [0.15, 0.2) is 0 Å². The van der Waals surface area contributed by atoms with Gasteiger partial charge in [0.2, 0.25) is 0 Å². The zero-order valence-electron chi connectivity index (χ0n) is 8.42. The molecule has 0 spiro atoms. The van der Waals surface area contributed by atoms with E-state index in [1.54, 1.807) is 0 Å². The Labute approximate surface area is 91.6 Å². The second-order valence-electron chi connectivity index (χ2n) is 3.60. The molecule has 0 atom stereocenters. The minimum absolute atomic E-state index is 0.844. The summed E-state index contributed by atoms with van der Waals surface area (Å²) in [5, 5.41) is 13.6. The maximum absolute atomic E-state index is 8.50. The number of fused-ring (bicyclic) bond motifs is 3. The van der Waals surface area contributed by atoms with Crippen LogP contribution >= 0.6 is 0 Å². The molecule has 3 aromatic rings. The summed E-state index contributed by atoms with van der Waals surface area (Å²) in [6, 6.07) is 13.6. The van der Waals surface area contributed by atoms with Crippen molar-refractivity contribution in [3.8, 4) is 0 Å². The van der Waals surface area contributed by atoms with Crippen LogP contribution in [0, 0.1) is 0 Å². The zero-order chi connectivity index (χ0) is 11.0. The van der Waals surface area contributed by atoms with E-state index in [0.29, 0.717) is 0 Å². The van der Waals surface area contributed by atoms with Gasteiger partial charge in [0.1, 0.15) is 11.2 Å². The van der Waals surface area contributed by atoms with Gasteiger partial charge in [-0.05, 0) is 29.8 Å². The third-order valence-corrected chi connectivity index (χ3v) is 2.61. The summed E-state index contributed by atoms with van der Waals surface area (Å²) in [4.78, 5) is 0. The topological polar surface area (TPSA) is 45.7 Å². The molecular weight excluding hydrogens is 202 g/mol. The normalized spacial score (nSPS) is 11.8. The Kier molecular flexibility index (Phi) is 1.90. The standard InChI is InChI=1S/C13H9NO2/c15-14-8-9-5-6-13-11(7-9)10-3-1-2-4-12(10)16-13/h1-8,15H/b14-8+. The third-order valence-electron chi connectivity index (χ3n) is 2.61. The van der Waals surface area contributed by atoms with Crippen LogP contribution in [0.5, 0.6) is 0 Å². The van der Waals surface area contributed by atoms with Crippen molar-refractivity contribution in [2.75, 3.05) is 0 Å². The number of nitrogens with zero attached hydrogens (tertiary/aromatic N) is 1. The van der Waals surface area contributed by atoms with Crippen molar-refractivity contribution in [2.45, 2.75) is 0 Å². The molecule has 0 saturated carbocycles. The van der Waals surface area contributed by atoms with Crippen molar-refractivity contribution < 1.29 is 9.62 Å². The highest BCUT2D eigenvalue weighted by Crippen LogP contribution is 2.28. The molecule has 3 nitrogen and oxygen atoms in total. The first-order valence-corrected chi connectivity index (χ1v) is 4.97. The number of oxime groups is 1. The lowest BCUT2D eigenvalue weighted by atomic mass is 10.1. The van der Waals surface area contributed by atoms with E-state index in [-0.39, 0.29) is 0 Å². The molecule has 0 aliphatic carbocycles. The Morgan fingerprint density at radius 1 is 1.00 bits per heavy atom. The Morgan fingerprint density at radius 2 is 1.81 bits per heavy atom. The van der Waals surface area contributed by atoms with Crippen LogP contribution in [0.3, 0.4) is 0 Å². The summed E-state index contributed by atoms with van der Waals surface area (Å²) in [6.45, 7) is 0. The van der Waals surface area contributed by atoms with E-state index in [0.717, 1.165) is 27.5 Å². The zero-order valence-corrected chi connectivity index (χ0v) is 8.42. The molecule has 1 heterocycles. The second kappa shape index (κ2) is 3.38. The molecule has 2 aromatic carbocycles. The molecule has 0 bridgehead atoms. The number of hydrogen-bond acceptors (Lipinski definition) is 3. The molecule has 0 radical (unpaired) electrons. The minimum Gasteiger partial charge on any atom is -0.456 e. The predicted molar refractivity (Wildman–Crippen MR) is 63.1 cm³/mol. The molecule has 16 heavy (non-hydrogen) atoms. The average Bonchev–Trinajstić information content (AvgIpc) is 2.68. The van der Waals surface area contributed by atoms with Crippen LogP contribution in [-0.2, 0) is 0 Å². The van der Waals surface area contributed by atoms with Gasteiger partial charge in [-0.25, -0.2) is 0 Å². The Bertz CT molecular complexity index is 683. The average molecular weight is 211 g/mol. The SMILES string of the molecule is O/N=C/c1ccc2oc3ccccc3c2c1. The van der Waals surface area contributed by atoms with Gasteiger partial charge in [-0.15, -0.1) is 0 Å². The van der Waals surface area contributed by atoms with Crippen molar-refractivity contribution in [1.82, 2.24) is 0 Å². The van der Waals surface area contributed by atoms with Crippen molar-refractivity contribution in [3.05, 3.63) is 48.0 Å². The number of furan rings is 1. The predicted octanol–water partition coefficient (Wildman–Crippen LogP) is 3.39. The summed E-state index contributed by atoms with van der Waals surface area (Å²) < 4.78 is 5.68. The van der Waals surface area contributed by atoms with Crippen LogP contribution in [0.4, 0.5) is 0 Å². The fourth-order valence-electron chi connectivity index (χ4n) is 1.89. The molecule has 0 amide bonds. The van der Waals surface area contributed by atoms with Gasteiger partial charge in [-0.3, -0.25) is 0 Å². The van der Waals surface area contributed by atoms with E-state index in [2.05, 4.69) is 5.16 Å². The maximum atomic E-state index is 8.50. The van der Waals surface area contributed by atoms with Crippen molar-refractivity contribution >= 4 is 28.2 Å². The largest absolute Gasteiger partial charge is 0.456 e. The molecule has 1 aromatic heterocycles. The smallest absolute Gasteiger partial charge is 0.135 e. The third kappa shape index (κ3) is 1.26. The van der Waals surface area contributed by atoms with Crippen molar-refractivity contribution in [1.29, 1.82) is 0 Å². The number of hydrogen-bond donors (Lipinski definition) is 1. The fraction of sp³-hybridized carbons (Fsp3) is 0. The minimum atomic E-state index is 0.844. The monoisotopic (exact) mass is 211 g/mol. The second-order valence-corrected chi connectivity index (χ2v) is 3.60. The molecule has 0 aliphatic rings. The van der Waals surface area contributed by atoms with Gasteiger partial charge in [0, 0.05) is 10.8 Å². The summed E-state index contributed by atoms with van der Waals surface area (Å²) in [5.74, 6) is 0. The summed E-state index contributed by atoms with van der Waals surface area (Å²) in [7, 11) is 0. The van der Waals surface area contributed by atoms with Crippen LogP contribution in [0.25, 0.3) is 21.9 Å². The molecule has 3 rings (SSSR count). The lowest BCUT2D eigenvalue weighted by molar-refractivity contribution is 0.322. The Balaban J connectivity index is 2.39. The van der Waals surface area contributed by atoms with Gasteiger partial charge < -0.3 is 9.62 Å². The molecule has 78 valence electrons. The lowest BCUT2D eigenvalue weighted by Gasteiger charge is -1.91. The summed E-state index contributed by atoms with van der Waals surface area (Å²) >= 11 is 0. The maximum Gasteiger partial charge on any atom is 0.135 e. The molecule has 0 aliphatic heterocycles. The summed E-state index contributed by atoms with van der Waals surface area (Å²) in [6.07, 6.45) is 1.40. The lowest BCUT2D eigenvalue weighted by Crippen LogP contribution is -1.79. The van der Waals surface area contributed by atoms with Crippen LogP contribution in [0.15, 0.2) is 52.0 Å². The van der Waals surface area contributed by atoms with Gasteiger partial charge in [0.25, 0.3) is 0 Å². The van der Waals surface area contributed by atoms with Crippen LogP contribution in [-0.4, -0.2) is 11.4 Å². The van der Waals surface area contributed by atoms with Crippen molar-refractivity contribution in [3.63, 3.8) is 0 Å². The molecule has 3 heteroatoms. The van der Waals surface area contributed by atoms with Gasteiger partial charge in [0.05, 0.1) is 6.21 Å². The summed E-state index contributed by atoms with van der Waals surface area (Å²) in [5.41, 5.74) is 2.56. The quantitative estimate of drug-likeness (QED) is 0.381. The first kappa shape index (κ1) is 8.97. The molecule has 0 unspecified atom stereocenters.